The number of rotatable bonds is 28. The first-order valence-corrected chi connectivity index (χ1v) is 33.4. The van der Waals surface area contributed by atoms with Crippen LogP contribution in [0.4, 0.5) is 4.79 Å². The number of nitrogens with one attached hydrogen (secondary N) is 11. The van der Waals surface area contributed by atoms with Crippen molar-refractivity contribution in [1.82, 2.24) is 72.7 Å². The first-order chi connectivity index (χ1) is 46.0. The Bertz CT molecular complexity index is 3390. The van der Waals surface area contributed by atoms with Crippen molar-refractivity contribution in [3.8, 4) is 0 Å². The molecule has 512 valence electrons. The maximum absolute atomic E-state index is 14.9. The Morgan fingerprint density at radius 1 is 0.642 bits per heavy atom. The van der Waals surface area contributed by atoms with Crippen LogP contribution in [0.3, 0.4) is 0 Å². The number of guanidine groups is 1. The summed E-state index contributed by atoms with van der Waals surface area (Å²) in [4.78, 5) is 125. The SMILES string of the molecule is Cn1cc(C[C@@H]2NC(=O)[C@@H](Cc3ccccc3)NC(=O)[C@@H](CCCNC(=N)N)NC(=O)[C@@H](Cc3ccccc3)NC(=O)[C@@H](NC(=O)COCCOCCOCCNC(=O)CCCC[C@@H]3SC[C@@H]4NC(=O)N[C@@H]43)Cc3cn(nn3)CCCC[C@@H](C(N)=O)NC2=O)c2ccccc21. The van der Waals surface area contributed by atoms with Crippen molar-refractivity contribution in [2.45, 2.75) is 144 Å². The van der Waals surface area contributed by atoms with Crippen molar-refractivity contribution in [3.05, 3.63) is 120 Å². The summed E-state index contributed by atoms with van der Waals surface area (Å²) in [5, 5.41) is 45.9. The molecule has 2 bridgehead atoms. The largest absolute Gasteiger partial charge is 0.377 e. The molecule has 5 heterocycles. The minimum absolute atomic E-state index is 0.0103. The van der Waals surface area contributed by atoms with Crippen molar-refractivity contribution >= 4 is 81.9 Å². The molecule has 30 heteroatoms. The molecular formula is C65H89N17O12S. The van der Waals surface area contributed by atoms with Crippen molar-refractivity contribution in [1.29, 1.82) is 5.41 Å². The van der Waals surface area contributed by atoms with Crippen LogP contribution in [0, 0.1) is 5.41 Å². The van der Waals surface area contributed by atoms with E-state index in [0.29, 0.717) is 54.4 Å². The van der Waals surface area contributed by atoms with Gasteiger partial charge in [-0.3, -0.25) is 48.4 Å². The third-order valence-corrected chi connectivity index (χ3v) is 18.1. The summed E-state index contributed by atoms with van der Waals surface area (Å²) >= 11 is 1.85. The first kappa shape index (κ1) is 71.7. The average molecular weight is 1330 g/mol. The molecule has 5 aromatic rings. The lowest BCUT2D eigenvalue weighted by Crippen LogP contribution is -2.60. The summed E-state index contributed by atoms with van der Waals surface area (Å²) in [5.41, 5.74) is 14.7. The van der Waals surface area contributed by atoms with Crippen LogP contribution in [0.15, 0.2) is 97.3 Å². The van der Waals surface area contributed by atoms with E-state index < -0.39 is 84.2 Å². The quantitative estimate of drug-likeness (QED) is 0.0133. The molecule has 3 aliphatic heterocycles. The zero-order valence-electron chi connectivity index (χ0n) is 53.4. The maximum Gasteiger partial charge on any atom is 0.315 e. The minimum Gasteiger partial charge on any atom is -0.377 e. The molecule has 0 saturated carbocycles. The number of fused-ring (bicyclic) bond motifs is 4. The van der Waals surface area contributed by atoms with E-state index in [1.807, 2.05) is 53.8 Å². The normalized spacial score (nSPS) is 22.3. The number of aryl methyl sites for hydroxylation is 2. The number of para-hydroxylation sites is 1. The Morgan fingerprint density at radius 3 is 1.96 bits per heavy atom. The number of thioether (sulfide) groups is 1. The number of hydrogen-bond donors (Lipinski definition) is 13. The zero-order valence-corrected chi connectivity index (χ0v) is 54.3. The topological polar surface area (TPSA) is 413 Å². The molecule has 0 aliphatic carbocycles. The summed E-state index contributed by atoms with van der Waals surface area (Å²) in [6.07, 6.45) is 7.14. The van der Waals surface area contributed by atoms with Gasteiger partial charge in [-0.05, 0) is 67.7 Å². The molecule has 9 atom stereocenters. The second kappa shape index (κ2) is 37.1. The van der Waals surface area contributed by atoms with E-state index in [2.05, 4.69) is 63.5 Å². The highest BCUT2D eigenvalue weighted by Crippen LogP contribution is 2.33. The number of hydrogen-bond acceptors (Lipinski definition) is 16. The van der Waals surface area contributed by atoms with Crippen LogP contribution >= 0.6 is 11.8 Å². The molecule has 2 fully saturated rings. The van der Waals surface area contributed by atoms with Crippen LogP contribution in [0.1, 0.15) is 80.2 Å². The summed E-state index contributed by atoms with van der Waals surface area (Å²) < 4.78 is 20.3. The monoisotopic (exact) mass is 1330 g/mol. The summed E-state index contributed by atoms with van der Waals surface area (Å²) in [5.74, 6) is -4.77. The Labute approximate surface area is 555 Å². The lowest BCUT2D eigenvalue weighted by molar-refractivity contribution is -0.135. The van der Waals surface area contributed by atoms with E-state index in [4.69, 9.17) is 31.1 Å². The number of nitrogens with zero attached hydrogens (tertiary/aromatic N) is 4. The molecule has 10 amide bonds. The van der Waals surface area contributed by atoms with E-state index in [9.17, 15) is 43.2 Å². The molecular weight excluding hydrogens is 1240 g/mol. The number of unbranched alkanes of at least 4 members (excludes halogenated alkanes) is 1. The van der Waals surface area contributed by atoms with Crippen molar-refractivity contribution in [2.24, 2.45) is 18.5 Å². The van der Waals surface area contributed by atoms with Gasteiger partial charge in [0.25, 0.3) is 0 Å². The van der Waals surface area contributed by atoms with Gasteiger partial charge in [0.1, 0.15) is 42.9 Å². The minimum atomic E-state index is -1.37. The fourth-order valence-electron chi connectivity index (χ4n) is 11.6. The summed E-state index contributed by atoms with van der Waals surface area (Å²) in [6.45, 7) is 1.15. The van der Waals surface area contributed by atoms with Gasteiger partial charge in [-0.25, -0.2) is 4.79 Å². The highest BCUT2D eigenvalue weighted by molar-refractivity contribution is 8.00. The van der Waals surface area contributed by atoms with Gasteiger partial charge in [0.2, 0.25) is 47.3 Å². The number of aromatic nitrogens is 4. The summed E-state index contributed by atoms with van der Waals surface area (Å²) in [6, 6.07) is 17.6. The number of primary amides is 1. The number of carbonyl (C=O) groups is 9. The van der Waals surface area contributed by atoms with Crippen LogP contribution < -0.4 is 64.6 Å². The molecule has 0 unspecified atom stereocenters. The number of nitrogens with two attached hydrogens (primary N) is 2. The molecule has 0 spiro atoms. The first-order valence-electron chi connectivity index (χ1n) is 32.3. The van der Waals surface area contributed by atoms with Crippen LogP contribution in [-0.4, -0.2) is 191 Å². The van der Waals surface area contributed by atoms with Gasteiger partial charge in [0.05, 0.1) is 50.8 Å². The number of urea groups is 1. The van der Waals surface area contributed by atoms with Crippen LogP contribution in [0.25, 0.3) is 10.9 Å². The third-order valence-electron chi connectivity index (χ3n) is 16.6. The number of ether oxygens (including phenoxy) is 3. The second-order valence-electron chi connectivity index (χ2n) is 23.8. The van der Waals surface area contributed by atoms with E-state index in [1.54, 1.807) is 66.9 Å². The molecule has 3 aromatic carbocycles. The van der Waals surface area contributed by atoms with Crippen LogP contribution in [-0.2, 0) is 91.8 Å². The van der Waals surface area contributed by atoms with Gasteiger partial charge in [0.15, 0.2) is 5.96 Å². The number of carbonyl (C=O) groups excluding carboxylic acids is 9. The van der Waals surface area contributed by atoms with E-state index >= 15 is 0 Å². The molecule has 8 rings (SSSR count). The molecule has 0 radical (unpaired) electrons. The van der Waals surface area contributed by atoms with Crippen molar-refractivity contribution in [2.75, 3.05) is 58.5 Å². The smallest absolute Gasteiger partial charge is 0.315 e. The summed E-state index contributed by atoms with van der Waals surface area (Å²) in [7, 11) is 1.86. The highest BCUT2D eigenvalue weighted by Gasteiger charge is 2.43. The van der Waals surface area contributed by atoms with Gasteiger partial charge in [0, 0.05) is 93.1 Å². The average Bonchev–Trinajstić information content (AvgIpc) is 1.69. The van der Waals surface area contributed by atoms with Gasteiger partial charge in [-0.1, -0.05) is 90.5 Å². The molecule has 2 aromatic heterocycles. The van der Waals surface area contributed by atoms with Gasteiger partial charge >= 0.3 is 6.03 Å². The lowest BCUT2D eigenvalue weighted by atomic mass is 10.0. The van der Waals surface area contributed by atoms with Crippen molar-refractivity contribution in [3.63, 3.8) is 0 Å². The van der Waals surface area contributed by atoms with E-state index in [-0.39, 0.29) is 115 Å². The Kier molecular flexibility index (Phi) is 28.0. The zero-order chi connectivity index (χ0) is 67.5. The third kappa shape index (κ3) is 23.1. The Morgan fingerprint density at radius 2 is 1.26 bits per heavy atom. The van der Waals surface area contributed by atoms with E-state index in [0.717, 1.165) is 41.5 Å². The fourth-order valence-corrected chi connectivity index (χ4v) is 13.2. The Hall–Kier alpha value is -9.13. The van der Waals surface area contributed by atoms with Gasteiger partial charge in [-0.15, -0.1) is 5.10 Å². The predicted molar refractivity (Wildman–Crippen MR) is 354 cm³/mol. The highest BCUT2D eigenvalue weighted by atomic mass is 32.2. The van der Waals surface area contributed by atoms with Gasteiger partial charge in [-0.2, -0.15) is 11.8 Å². The molecule has 29 nitrogen and oxygen atoms in total. The van der Waals surface area contributed by atoms with E-state index in [1.165, 1.54) is 4.68 Å². The number of amides is 10. The lowest BCUT2D eigenvalue weighted by Gasteiger charge is -2.28. The second-order valence-corrected chi connectivity index (χ2v) is 25.1. The van der Waals surface area contributed by atoms with Gasteiger partial charge < -0.3 is 83.4 Å². The molecule has 2 saturated heterocycles. The van der Waals surface area contributed by atoms with Crippen molar-refractivity contribution < 1.29 is 57.4 Å². The fraction of sp³-hybridized carbons (Fsp3) is 0.508. The number of benzene rings is 3. The van der Waals surface area contributed by atoms with Crippen LogP contribution in [0.5, 0.6) is 0 Å². The standard InChI is InChI=1S/C65H89N17O12S/c1-81-37-43(45-19-8-9-22-53(45)81)35-50-62(89)72-46(58(66)85)20-12-13-27-82-38-44(79-80-82)36-51(71-56(84)39-94-32-31-93-30-29-92-28-26-69-55(83)24-11-10-23-54-57-52(40-95-54)77-65(91)78-57)63(90)75-48(33-41-15-4-2-5-16-41)60(87)73-47(21-14-25-70-64(67)68)59(86)74-49(61(88)76-50)34-42-17-6-3-7-18-42/h2-9,15-19,22,37-38,46-52,54,57H,10-14,20-21,23-36,39-40H2,1H3,(H2,66,85)(H,69,83)(H,71,84)(H,72,89)(H,73,87)(H,74,86)(H,75,90)(H,76,88)(H4,67,68,70)(H2,77,78,91)/t46-,47+,48+,49+,50-,51-,52-,54-,57-/m0/s1. The van der Waals surface area contributed by atoms with Crippen LogP contribution in [0.2, 0.25) is 0 Å². The molecule has 95 heavy (non-hydrogen) atoms. The predicted octanol–water partition coefficient (Wildman–Crippen LogP) is -0.227. The molecule has 3 aliphatic rings. The Balaban J connectivity index is 0.933. The molecule has 15 N–H and O–H groups in total. The maximum atomic E-state index is 14.9.